The van der Waals surface area contributed by atoms with Crippen LogP contribution in [-0.2, 0) is 11.2 Å². The third kappa shape index (κ3) is 4.86. The van der Waals surface area contributed by atoms with Crippen LogP contribution in [-0.4, -0.2) is 21.9 Å². The average molecular weight is 416 g/mol. The largest absolute Gasteiger partial charge is 0.330 e. The monoisotopic (exact) mass is 415 g/mol. The molecule has 0 spiro atoms. The van der Waals surface area contributed by atoms with Gasteiger partial charge in [-0.15, -0.1) is 21.5 Å². The van der Waals surface area contributed by atoms with E-state index in [0.717, 1.165) is 17.7 Å². The normalized spacial score (nSPS) is 10.4. The highest BCUT2D eigenvalue weighted by molar-refractivity contribution is 8.01. The van der Waals surface area contributed by atoms with Gasteiger partial charge < -0.3 is 10.6 Å². The molecule has 3 aromatic rings. The Bertz CT molecular complexity index is 989. The van der Waals surface area contributed by atoms with Crippen LogP contribution < -0.4 is 10.6 Å². The first kappa shape index (κ1) is 19.4. The van der Waals surface area contributed by atoms with Crippen LogP contribution in [0.1, 0.15) is 23.6 Å². The summed E-state index contributed by atoms with van der Waals surface area (Å²) in [6.45, 7) is 4.17. The Labute approximate surface area is 169 Å². The molecular weight excluding hydrogens is 398 g/mol. The number of anilines is 3. The van der Waals surface area contributed by atoms with Crippen molar-refractivity contribution < 1.29 is 4.79 Å². The van der Waals surface area contributed by atoms with E-state index in [1.54, 1.807) is 11.4 Å². The molecule has 2 heterocycles. The number of benzene rings is 1. The van der Waals surface area contributed by atoms with Gasteiger partial charge in [-0.25, -0.2) is 0 Å². The van der Waals surface area contributed by atoms with E-state index >= 15 is 0 Å². The van der Waals surface area contributed by atoms with E-state index < -0.39 is 0 Å². The molecule has 9 heteroatoms. The lowest BCUT2D eigenvalue weighted by Gasteiger charge is -2.11. The second kappa shape index (κ2) is 8.99. The van der Waals surface area contributed by atoms with Crippen molar-refractivity contribution in [3.8, 4) is 6.07 Å². The molecule has 0 aliphatic carbocycles. The number of para-hydroxylation sites is 1. The minimum absolute atomic E-state index is 0.171. The number of aromatic nitrogens is 2. The smallest absolute Gasteiger partial charge is 0.235 e. The number of thioether (sulfide) groups is 1. The number of hydrogen-bond acceptors (Lipinski definition) is 8. The van der Waals surface area contributed by atoms with E-state index in [1.165, 1.54) is 40.0 Å². The van der Waals surface area contributed by atoms with Gasteiger partial charge in [-0.3, -0.25) is 4.79 Å². The van der Waals surface area contributed by atoms with Crippen molar-refractivity contribution in [3.63, 3.8) is 0 Å². The number of rotatable bonds is 7. The van der Waals surface area contributed by atoms with Crippen molar-refractivity contribution in [2.45, 2.75) is 24.6 Å². The molecule has 3 rings (SSSR count). The van der Waals surface area contributed by atoms with Crippen molar-refractivity contribution in [1.29, 1.82) is 5.26 Å². The van der Waals surface area contributed by atoms with Gasteiger partial charge >= 0.3 is 0 Å². The van der Waals surface area contributed by atoms with E-state index in [9.17, 15) is 4.79 Å². The van der Waals surface area contributed by atoms with Crippen LogP contribution in [0.25, 0.3) is 0 Å². The molecule has 0 aliphatic rings. The highest BCUT2D eigenvalue weighted by Crippen LogP contribution is 2.31. The summed E-state index contributed by atoms with van der Waals surface area (Å²) in [5, 5.41) is 26.5. The van der Waals surface area contributed by atoms with Gasteiger partial charge in [0, 0.05) is 5.69 Å². The Morgan fingerprint density at radius 3 is 2.96 bits per heavy atom. The minimum atomic E-state index is -0.171. The van der Waals surface area contributed by atoms with Crippen LogP contribution in [0.2, 0.25) is 0 Å². The Hall–Kier alpha value is -2.41. The van der Waals surface area contributed by atoms with Gasteiger partial charge in [-0.2, -0.15) is 5.26 Å². The second-order valence-electron chi connectivity index (χ2n) is 5.57. The number of carbonyl (C=O) groups is 1. The van der Waals surface area contributed by atoms with Crippen LogP contribution in [0.5, 0.6) is 0 Å². The van der Waals surface area contributed by atoms with Gasteiger partial charge in [0.1, 0.15) is 11.1 Å². The summed E-state index contributed by atoms with van der Waals surface area (Å²) in [7, 11) is 0. The number of aryl methyl sites for hydroxylation is 2. The van der Waals surface area contributed by atoms with E-state index in [4.69, 9.17) is 5.26 Å². The SMILES string of the molecule is CCc1cccc(C)c1Nc1nnc(SCC(=O)Nc2sccc2C#N)s1. The maximum absolute atomic E-state index is 12.1. The zero-order chi connectivity index (χ0) is 19.2. The fraction of sp³-hybridized carbons (Fsp3) is 0.222. The molecule has 2 aromatic heterocycles. The Morgan fingerprint density at radius 1 is 1.33 bits per heavy atom. The molecule has 0 saturated heterocycles. The van der Waals surface area contributed by atoms with Gasteiger partial charge in [0.25, 0.3) is 0 Å². The predicted octanol–water partition coefficient (Wildman–Crippen LogP) is 4.82. The zero-order valence-corrected chi connectivity index (χ0v) is 17.2. The third-order valence-corrected chi connectivity index (χ3v) is 6.55. The van der Waals surface area contributed by atoms with Crippen LogP contribution in [0, 0.1) is 18.3 Å². The second-order valence-corrected chi connectivity index (χ2v) is 8.69. The summed E-state index contributed by atoms with van der Waals surface area (Å²) in [6.07, 6.45) is 0.929. The number of carbonyl (C=O) groups excluding carboxylic acids is 1. The first-order valence-electron chi connectivity index (χ1n) is 8.20. The number of thiophene rings is 1. The van der Waals surface area contributed by atoms with Crippen molar-refractivity contribution in [2.24, 2.45) is 0 Å². The summed E-state index contributed by atoms with van der Waals surface area (Å²) in [5.41, 5.74) is 3.92. The molecule has 27 heavy (non-hydrogen) atoms. The van der Waals surface area contributed by atoms with Crippen molar-refractivity contribution in [2.75, 3.05) is 16.4 Å². The maximum atomic E-state index is 12.1. The van der Waals surface area contributed by atoms with E-state index in [1.807, 2.05) is 6.07 Å². The molecule has 0 aliphatic heterocycles. The number of hydrogen-bond donors (Lipinski definition) is 2. The molecule has 138 valence electrons. The van der Waals surface area contributed by atoms with Gasteiger partial charge in [-0.05, 0) is 35.9 Å². The fourth-order valence-electron chi connectivity index (χ4n) is 2.41. The fourth-order valence-corrected chi connectivity index (χ4v) is 4.72. The maximum Gasteiger partial charge on any atom is 0.235 e. The minimum Gasteiger partial charge on any atom is -0.330 e. The molecule has 0 atom stereocenters. The average Bonchev–Trinajstić information content (AvgIpc) is 3.30. The molecule has 0 radical (unpaired) electrons. The van der Waals surface area contributed by atoms with E-state index in [-0.39, 0.29) is 11.7 Å². The van der Waals surface area contributed by atoms with Crippen molar-refractivity contribution in [1.82, 2.24) is 10.2 Å². The molecule has 6 nitrogen and oxygen atoms in total. The standard InChI is InChI=1S/C18H17N5OS3/c1-3-12-6-4-5-11(2)15(12)21-17-22-23-18(27-17)26-10-14(24)20-16-13(9-19)7-8-25-16/h4-8H,3,10H2,1-2H3,(H,20,24)(H,21,22). The molecule has 2 N–H and O–H groups in total. The van der Waals surface area contributed by atoms with Gasteiger partial charge in [-0.1, -0.05) is 48.2 Å². The highest BCUT2D eigenvalue weighted by atomic mass is 32.2. The Morgan fingerprint density at radius 2 is 2.19 bits per heavy atom. The summed E-state index contributed by atoms with van der Waals surface area (Å²) in [5.74, 6) is 0.0398. The van der Waals surface area contributed by atoms with Gasteiger partial charge in [0.05, 0.1) is 11.3 Å². The Balaban J connectivity index is 1.59. The molecule has 0 fully saturated rings. The first-order chi connectivity index (χ1) is 13.1. The molecular formula is C18H17N5OS3. The summed E-state index contributed by atoms with van der Waals surface area (Å²) in [6, 6.07) is 9.94. The van der Waals surface area contributed by atoms with E-state index in [2.05, 4.69) is 52.9 Å². The first-order valence-corrected chi connectivity index (χ1v) is 10.9. The molecule has 0 saturated carbocycles. The third-order valence-electron chi connectivity index (χ3n) is 3.74. The summed E-state index contributed by atoms with van der Waals surface area (Å²) >= 11 is 4.07. The number of nitrogens with one attached hydrogen (secondary N) is 2. The highest BCUT2D eigenvalue weighted by Gasteiger charge is 2.12. The van der Waals surface area contributed by atoms with Crippen LogP contribution in [0.15, 0.2) is 34.0 Å². The molecule has 1 aromatic carbocycles. The molecule has 0 bridgehead atoms. The Kier molecular flexibility index (Phi) is 6.45. The lowest BCUT2D eigenvalue weighted by Crippen LogP contribution is -2.13. The molecule has 0 unspecified atom stereocenters. The van der Waals surface area contributed by atoms with Crippen LogP contribution in [0.4, 0.5) is 15.8 Å². The lowest BCUT2D eigenvalue weighted by atomic mass is 10.1. The lowest BCUT2D eigenvalue weighted by molar-refractivity contribution is -0.113. The summed E-state index contributed by atoms with van der Waals surface area (Å²) in [4.78, 5) is 12.1. The topological polar surface area (TPSA) is 90.7 Å². The zero-order valence-electron chi connectivity index (χ0n) is 14.8. The van der Waals surface area contributed by atoms with Crippen LogP contribution in [0.3, 0.4) is 0 Å². The quantitative estimate of drug-likeness (QED) is 0.538. The predicted molar refractivity (Wildman–Crippen MR) is 112 cm³/mol. The van der Waals surface area contributed by atoms with Crippen molar-refractivity contribution in [3.05, 3.63) is 46.3 Å². The summed E-state index contributed by atoms with van der Waals surface area (Å²) < 4.78 is 0.714. The number of nitrogens with zero attached hydrogens (tertiary/aromatic N) is 3. The number of amides is 1. The van der Waals surface area contributed by atoms with Crippen molar-refractivity contribution >= 4 is 56.2 Å². The molecule has 1 amide bonds. The van der Waals surface area contributed by atoms with E-state index in [0.29, 0.717) is 20.0 Å². The van der Waals surface area contributed by atoms with Gasteiger partial charge in [0.15, 0.2) is 4.34 Å². The van der Waals surface area contributed by atoms with Crippen LogP contribution >= 0.6 is 34.4 Å². The van der Waals surface area contributed by atoms with Gasteiger partial charge in [0.2, 0.25) is 11.0 Å². The number of nitriles is 1.